The number of nitrogens with two attached hydrogens (primary N) is 1. The van der Waals surface area contributed by atoms with Crippen molar-refractivity contribution in [1.29, 1.82) is 0 Å². The van der Waals surface area contributed by atoms with Crippen molar-refractivity contribution in [2.45, 2.75) is 77.7 Å². The molecule has 3 aliphatic heterocycles. The summed E-state index contributed by atoms with van der Waals surface area (Å²) in [6.45, 7) is 12.0. The summed E-state index contributed by atoms with van der Waals surface area (Å²) >= 11 is 0. The zero-order chi connectivity index (χ0) is 37.6. The van der Waals surface area contributed by atoms with Gasteiger partial charge in [-0.05, 0) is 107 Å². The minimum Gasteiger partial charge on any atom is -0.484 e. The van der Waals surface area contributed by atoms with Gasteiger partial charge in [0, 0.05) is 56.8 Å². The maximum atomic E-state index is 12.4. The number of hydrogen-bond donors (Lipinski definition) is 2. The number of rotatable bonds is 9. The lowest BCUT2D eigenvalue weighted by atomic mass is 10.0. The van der Waals surface area contributed by atoms with E-state index in [1.807, 2.05) is 65.4 Å². The number of Topliss-reactive ketones (excluding diaryl/α,β-unsaturated/α-hetero) is 1. The number of likely N-dealkylation sites (tertiary alicyclic amines) is 2. The normalized spacial score (nSPS) is 17.3. The van der Waals surface area contributed by atoms with Crippen LogP contribution in [0.25, 0.3) is 22.1 Å². The molecule has 2 saturated heterocycles. The molecule has 0 aliphatic carbocycles. The van der Waals surface area contributed by atoms with Crippen LogP contribution >= 0.6 is 0 Å². The van der Waals surface area contributed by atoms with Gasteiger partial charge in [0.25, 0.3) is 11.1 Å². The van der Waals surface area contributed by atoms with Crippen molar-refractivity contribution in [1.82, 2.24) is 39.2 Å². The van der Waals surface area contributed by atoms with Gasteiger partial charge in [-0.1, -0.05) is 12.1 Å². The van der Waals surface area contributed by atoms with Crippen LogP contribution in [0, 0.1) is 13.8 Å². The fraction of sp³-hybridized carbons (Fsp3) is 0.463. The molecule has 6 heterocycles. The van der Waals surface area contributed by atoms with E-state index in [1.54, 1.807) is 6.20 Å². The number of ether oxygens (including phenoxy) is 1. The van der Waals surface area contributed by atoms with Gasteiger partial charge in [-0.25, -0.2) is 9.97 Å². The number of aromatic nitrogens is 5. The maximum Gasteiger partial charge on any atom is 0.269 e. The Hall–Kier alpha value is -4.82. The van der Waals surface area contributed by atoms with Crippen LogP contribution in [0.2, 0.25) is 0 Å². The highest BCUT2D eigenvalue weighted by Crippen LogP contribution is 2.23. The fourth-order valence-electron chi connectivity index (χ4n) is 7.59. The van der Waals surface area contributed by atoms with Crippen molar-refractivity contribution in [3.63, 3.8) is 0 Å². The molecule has 5 aromatic rings. The van der Waals surface area contributed by atoms with Crippen LogP contribution in [-0.4, -0.2) is 97.6 Å². The standard InChI is InChI=1S/C25H29N5O3.C16H22N4O/c1-17-2-3-22-23(10-17)30(25(32)15-28-22)9-8-29-6-4-19(5-7-29)26-13-20-11-18-12-21(31)16-33-24(18)14-27-20;1-12-2-3-14-15(10-12)20(16(21)11-18-14)9-8-19-6-4-13(17)5-7-19/h2-3,10-11,14-15,19,26H,4-9,12-13,16H2,1H3;2-3,10-11,13H,4-9,17H2,1H3. The first kappa shape index (κ1) is 37.5. The first-order valence-corrected chi connectivity index (χ1v) is 19.2. The molecule has 8 rings (SSSR count). The summed E-state index contributed by atoms with van der Waals surface area (Å²) in [5.74, 6) is 0.833. The number of fused-ring (bicyclic) bond motifs is 3. The van der Waals surface area contributed by atoms with Gasteiger partial charge in [0.2, 0.25) is 0 Å². The van der Waals surface area contributed by atoms with Gasteiger partial charge < -0.3 is 34.7 Å². The smallest absolute Gasteiger partial charge is 0.269 e. The molecule has 54 heavy (non-hydrogen) atoms. The summed E-state index contributed by atoms with van der Waals surface area (Å²) in [7, 11) is 0. The number of hydrogen-bond acceptors (Lipinski definition) is 11. The van der Waals surface area contributed by atoms with Crippen LogP contribution < -0.4 is 26.9 Å². The second-order valence-electron chi connectivity index (χ2n) is 14.9. The fourth-order valence-corrected chi connectivity index (χ4v) is 7.59. The number of pyridine rings is 1. The van der Waals surface area contributed by atoms with E-state index in [-0.39, 0.29) is 23.5 Å². The molecule has 3 aliphatic rings. The Morgan fingerprint density at radius 3 is 1.85 bits per heavy atom. The average Bonchev–Trinajstić information content (AvgIpc) is 3.17. The van der Waals surface area contributed by atoms with E-state index in [2.05, 4.69) is 30.1 Å². The molecule has 0 saturated carbocycles. The number of carbonyl (C=O) groups excluding carboxylic acids is 1. The van der Waals surface area contributed by atoms with Crippen LogP contribution in [0.15, 0.2) is 70.6 Å². The van der Waals surface area contributed by atoms with Crippen molar-refractivity contribution < 1.29 is 9.53 Å². The SMILES string of the molecule is Cc1ccc2ncc(=O)n(CCN3CCC(N)CC3)c2c1.Cc1ccc2ncc(=O)n(CCN3CCC(NCc4cc5c(cn4)OCC(=O)C5)CC3)c2c1. The Morgan fingerprint density at radius 1 is 0.722 bits per heavy atom. The molecule has 0 atom stereocenters. The molecule has 2 fully saturated rings. The summed E-state index contributed by atoms with van der Waals surface area (Å²) in [6.07, 6.45) is 9.20. The number of carbonyl (C=O) groups is 1. The van der Waals surface area contributed by atoms with E-state index in [1.165, 1.54) is 12.4 Å². The number of piperidine rings is 2. The van der Waals surface area contributed by atoms with Crippen molar-refractivity contribution in [3.8, 4) is 5.75 Å². The van der Waals surface area contributed by atoms with Crippen molar-refractivity contribution >= 4 is 27.9 Å². The van der Waals surface area contributed by atoms with Gasteiger partial charge in [0.15, 0.2) is 5.78 Å². The predicted octanol–water partition coefficient (Wildman–Crippen LogP) is 2.99. The van der Waals surface area contributed by atoms with Gasteiger partial charge in [0.1, 0.15) is 12.4 Å². The number of benzene rings is 2. The summed E-state index contributed by atoms with van der Waals surface area (Å²) in [5, 5.41) is 3.61. The monoisotopic (exact) mass is 733 g/mol. The molecule has 284 valence electrons. The van der Waals surface area contributed by atoms with Crippen LogP contribution in [0.4, 0.5) is 0 Å². The van der Waals surface area contributed by atoms with Gasteiger partial charge >= 0.3 is 0 Å². The summed E-state index contributed by atoms with van der Waals surface area (Å²) in [6, 6.07) is 14.8. The van der Waals surface area contributed by atoms with Crippen LogP contribution in [0.3, 0.4) is 0 Å². The minimum atomic E-state index is -0.0469. The van der Waals surface area contributed by atoms with E-state index in [0.29, 0.717) is 38.1 Å². The van der Waals surface area contributed by atoms with Gasteiger partial charge in [-0.3, -0.25) is 19.4 Å². The topological polar surface area (TPSA) is 154 Å². The number of aryl methyl sites for hydroxylation is 2. The molecule has 0 bridgehead atoms. The van der Waals surface area contributed by atoms with Gasteiger partial charge in [-0.2, -0.15) is 0 Å². The molecule has 3 N–H and O–H groups in total. The lowest BCUT2D eigenvalue weighted by molar-refractivity contribution is -0.121. The van der Waals surface area contributed by atoms with E-state index < -0.39 is 0 Å². The van der Waals surface area contributed by atoms with E-state index in [9.17, 15) is 14.4 Å². The molecule has 0 amide bonds. The third-order valence-electron chi connectivity index (χ3n) is 10.9. The molecule has 0 radical (unpaired) electrons. The molecule has 13 nitrogen and oxygen atoms in total. The molecule has 0 spiro atoms. The predicted molar refractivity (Wildman–Crippen MR) is 210 cm³/mol. The zero-order valence-corrected chi connectivity index (χ0v) is 31.4. The second-order valence-corrected chi connectivity index (χ2v) is 14.9. The Kier molecular flexibility index (Phi) is 11.9. The highest BCUT2D eigenvalue weighted by molar-refractivity contribution is 5.84. The lowest BCUT2D eigenvalue weighted by Crippen LogP contribution is -2.43. The summed E-state index contributed by atoms with van der Waals surface area (Å²) < 4.78 is 9.11. The third kappa shape index (κ3) is 9.27. The molecule has 3 aromatic heterocycles. The van der Waals surface area contributed by atoms with Crippen LogP contribution in [-0.2, 0) is 30.8 Å². The Balaban J connectivity index is 0.000000184. The Morgan fingerprint density at radius 2 is 1.28 bits per heavy atom. The van der Waals surface area contributed by atoms with Gasteiger partial charge in [-0.15, -0.1) is 0 Å². The largest absolute Gasteiger partial charge is 0.484 e. The summed E-state index contributed by atoms with van der Waals surface area (Å²) in [4.78, 5) is 54.0. The van der Waals surface area contributed by atoms with Crippen molar-refractivity contribution in [2.24, 2.45) is 5.73 Å². The Labute approximate surface area is 315 Å². The average molecular weight is 734 g/mol. The minimum absolute atomic E-state index is 0.0261. The summed E-state index contributed by atoms with van der Waals surface area (Å²) in [5.41, 5.74) is 13.6. The first-order valence-electron chi connectivity index (χ1n) is 19.2. The quantitative estimate of drug-likeness (QED) is 0.230. The van der Waals surface area contributed by atoms with Crippen LogP contribution in [0.5, 0.6) is 5.75 Å². The number of nitrogens with one attached hydrogen (secondary N) is 1. The molecule has 0 unspecified atom stereocenters. The third-order valence-corrected chi connectivity index (χ3v) is 10.9. The van der Waals surface area contributed by atoms with E-state index >= 15 is 0 Å². The van der Waals surface area contributed by atoms with E-state index in [0.717, 1.165) is 115 Å². The molecule has 2 aromatic carbocycles. The highest BCUT2D eigenvalue weighted by Gasteiger charge is 2.21. The Bertz CT molecular complexity index is 2220. The maximum absolute atomic E-state index is 12.4. The number of nitrogens with zero attached hydrogens (tertiary/aromatic N) is 7. The van der Waals surface area contributed by atoms with Crippen molar-refractivity contribution in [2.75, 3.05) is 45.9 Å². The first-order chi connectivity index (χ1) is 26.2. The van der Waals surface area contributed by atoms with Crippen LogP contribution in [0.1, 0.15) is 48.1 Å². The number of ketones is 1. The van der Waals surface area contributed by atoms with Crippen molar-refractivity contribution in [3.05, 3.63) is 104 Å². The second kappa shape index (κ2) is 17.1. The molecular formula is C41H51N9O4. The lowest BCUT2D eigenvalue weighted by Gasteiger charge is -2.32. The van der Waals surface area contributed by atoms with Gasteiger partial charge in [0.05, 0.1) is 46.4 Å². The zero-order valence-electron chi connectivity index (χ0n) is 31.4. The molecule has 13 heteroatoms. The highest BCUT2D eigenvalue weighted by atomic mass is 16.5. The van der Waals surface area contributed by atoms with E-state index in [4.69, 9.17) is 10.5 Å². The molecular weight excluding hydrogens is 683 g/mol.